The van der Waals surface area contributed by atoms with Gasteiger partial charge >= 0.3 is 0 Å². The van der Waals surface area contributed by atoms with E-state index in [9.17, 15) is 0 Å². The van der Waals surface area contributed by atoms with Crippen molar-refractivity contribution in [2.75, 3.05) is 12.4 Å². The van der Waals surface area contributed by atoms with Gasteiger partial charge < -0.3 is 9.84 Å². The van der Waals surface area contributed by atoms with Crippen molar-refractivity contribution in [1.29, 1.82) is 0 Å². The number of hydrogen-bond acceptors (Lipinski definition) is 5. The zero-order valence-electron chi connectivity index (χ0n) is 12.2. The summed E-state index contributed by atoms with van der Waals surface area (Å²) in [5, 5.41) is 7.13. The van der Waals surface area contributed by atoms with Crippen LogP contribution in [0.15, 0.2) is 40.9 Å². The number of hydrogen-bond donors (Lipinski definition) is 1. The van der Waals surface area contributed by atoms with Crippen LogP contribution in [-0.4, -0.2) is 22.2 Å². The first-order valence-electron chi connectivity index (χ1n) is 6.73. The van der Waals surface area contributed by atoms with Crippen molar-refractivity contribution in [3.63, 3.8) is 0 Å². The first-order valence-corrected chi connectivity index (χ1v) is 6.73. The number of rotatable bonds is 3. The summed E-state index contributed by atoms with van der Waals surface area (Å²) in [5.74, 6) is 1.09. The van der Waals surface area contributed by atoms with Crippen LogP contribution in [0.25, 0.3) is 22.8 Å². The Morgan fingerprint density at radius 1 is 0.905 bits per heavy atom. The molecule has 2 heterocycles. The van der Waals surface area contributed by atoms with E-state index < -0.39 is 0 Å². The predicted molar refractivity (Wildman–Crippen MR) is 82.0 cm³/mol. The van der Waals surface area contributed by atoms with Crippen molar-refractivity contribution >= 4 is 5.69 Å². The standard InChI is InChI=1S/C16H16N4O/c1-10-8-13(9-11(2)18-10)15-19-16(21-20-15)12-4-6-14(17-3)7-5-12/h4-9,17H,1-3H3. The average molecular weight is 280 g/mol. The molecule has 0 atom stereocenters. The smallest absolute Gasteiger partial charge is 0.258 e. The molecule has 0 spiro atoms. The fourth-order valence-corrected chi connectivity index (χ4v) is 2.20. The van der Waals surface area contributed by atoms with Gasteiger partial charge in [0.15, 0.2) is 0 Å². The van der Waals surface area contributed by atoms with Gasteiger partial charge in [-0.2, -0.15) is 4.98 Å². The second-order valence-electron chi connectivity index (χ2n) is 4.89. The molecule has 5 heteroatoms. The molecule has 2 aromatic heterocycles. The van der Waals surface area contributed by atoms with Crippen LogP contribution in [0.2, 0.25) is 0 Å². The van der Waals surface area contributed by atoms with E-state index in [0.29, 0.717) is 11.7 Å². The highest BCUT2D eigenvalue weighted by Gasteiger charge is 2.11. The molecule has 0 unspecified atom stereocenters. The molecule has 0 saturated carbocycles. The Bertz CT molecular complexity index is 742. The van der Waals surface area contributed by atoms with E-state index in [4.69, 9.17) is 4.52 Å². The molecule has 1 N–H and O–H groups in total. The Kier molecular flexibility index (Phi) is 3.39. The third kappa shape index (κ3) is 2.76. The van der Waals surface area contributed by atoms with Crippen molar-refractivity contribution in [2.45, 2.75) is 13.8 Å². The Morgan fingerprint density at radius 3 is 2.19 bits per heavy atom. The van der Waals surface area contributed by atoms with E-state index in [1.165, 1.54) is 0 Å². The minimum Gasteiger partial charge on any atom is -0.388 e. The van der Waals surface area contributed by atoms with Crippen LogP contribution in [0.1, 0.15) is 11.4 Å². The number of aryl methyl sites for hydroxylation is 2. The fourth-order valence-electron chi connectivity index (χ4n) is 2.20. The molecule has 0 saturated heterocycles. The van der Waals surface area contributed by atoms with E-state index in [1.807, 2.05) is 57.3 Å². The van der Waals surface area contributed by atoms with Crippen LogP contribution >= 0.6 is 0 Å². The van der Waals surface area contributed by atoms with E-state index >= 15 is 0 Å². The molecule has 0 fully saturated rings. The largest absolute Gasteiger partial charge is 0.388 e. The lowest BCUT2D eigenvalue weighted by Gasteiger charge is -2.00. The number of benzene rings is 1. The van der Waals surface area contributed by atoms with E-state index in [1.54, 1.807) is 0 Å². The van der Waals surface area contributed by atoms with Crippen LogP contribution in [0, 0.1) is 13.8 Å². The number of nitrogens with one attached hydrogen (secondary N) is 1. The monoisotopic (exact) mass is 280 g/mol. The molecule has 3 aromatic rings. The molecule has 3 rings (SSSR count). The zero-order valence-corrected chi connectivity index (χ0v) is 12.2. The van der Waals surface area contributed by atoms with Gasteiger partial charge in [0.25, 0.3) is 5.89 Å². The van der Waals surface area contributed by atoms with E-state index in [0.717, 1.165) is 28.2 Å². The highest BCUT2D eigenvalue weighted by Crippen LogP contribution is 2.24. The Morgan fingerprint density at radius 2 is 1.57 bits per heavy atom. The van der Waals surface area contributed by atoms with E-state index in [-0.39, 0.29) is 0 Å². The van der Waals surface area contributed by atoms with E-state index in [2.05, 4.69) is 20.4 Å². The molecule has 0 aliphatic heterocycles. The third-order valence-corrected chi connectivity index (χ3v) is 3.19. The van der Waals surface area contributed by atoms with Gasteiger partial charge in [-0.1, -0.05) is 5.16 Å². The first kappa shape index (κ1) is 13.3. The van der Waals surface area contributed by atoms with Crippen molar-refractivity contribution in [1.82, 2.24) is 15.1 Å². The molecule has 106 valence electrons. The van der Waals surface area contributed by atoms with Gasteiger partial charge in [-0.05, 0) is 50.2 Å². The summed E-state index contributed by atoms with van der Waals surface area (Å²) in [6, 6.07) is 11.7. The second-order valence-corrected chi connectivity index (χ2v) is 4.89. The van der Waals surface area contributed by atoms with Gasteiger partial charge in [0, 0.05) is 35.2 Å². The van der Waals surface area contributed by atoms with Crippen molar-refractivity contribution in [3.05, 3.63) is 47.8 Å². The SMILES string of the molecule is CNc1ccc(-c2nc(-c3cc(C)nc(C)c3)no2)cc1. The van der Waals surface area contributed by atoms with Gasteiger partial charge in [0.05, 0.1) is 0 Å². The van der Waals surface area contributed by atoms with Crippen molar-refractivity contribution in [3.8, 4) is 22.8 Å². The number of nitrogens with zero attached hydrogens (tertiary/aromatic N) is 3. The summed E-state index contributed by atoms with van der Waals surface area (Å²) >= 11 is 0. The third-order valence-electron chi connectivity index (χ3n) is 3.19. The Labute approximate surface area is 123 Å². The van der Waals surface area contributed by atoms with Crippen molar-refractivity contribution < 1.29 is 4.52 Å². The topological polar surface area (TPSA) is 63.8 Å². The fraction of sp³-hybridized carbons (Fsp3) is 0.188. The number of anilines is 1. The summed E-state index contributed by atoms with van der Waals surface area (Å²) in [6.07, 6.45) is 0. The van der Waals surface area contributed by atoms with Crippen LogP contribution in [0.4, 0.5) is 5.69 Å². The number of aromatic nitrogens is 3. The predicted octanol–water partition coefficient (Wildman–Crippen LogP) is 3.46. The minimum atomic E-state index is 0.514. The molecule has 0 aliphatic carbocycles. The molecule has 1 aromatic carbocycles. The average Bonchev–Trinajstić information content (AvgIpc) is 2.96. The highest BCUT2D eigenvalue weighted by molar-refractivity contribution is 5.62. The summed E-state index contributed by atoms with van der Waals surface area (Å²) in [4.78, 5) is 8.81. The Balaban J connectivity index is 1.95. The maximum absolute atomic E-state index is 5.36. The summed E-state index contributed by atoms with van der Waals surface area (Å²) in [7, 11) is 1.88. The molecule has 0 radical (unpaired) electrons. The lowest BCUT2D eigenvalue weighted by Crippen LogP contribution is -1.89. The molecular formula is C16H16N4O. The first-order chi connectivity index (χ1) is 10.2. The number of pyridine rings is 1. The summed E-state index contributed by atoms with van der Waals surface area (Å²) in [6.45, 7) is 3.90. The van der Waals surface area contributed by atoms with Crippen LogP contribution in [-0.2, 0) is 0 Å². The maximum Gasteiger partial charge on any atom is 0.258 e. The lowest BCUT2D eigenvalue weighted by atomic mass is 10.2. The van der Waals surface area contributed by atoms with Gasteiger partial charge in [0.2, 0.25) is 5.82 Å². The second kappa shape index (κ2) is 5.36. The van der Waals surface area contributed by atoms with Gasteiger partial charge in [-0.3, -0.25) is 4.98 Å². The molecule has 5 nitrogen and oxygen atoms in total. The summed E-state index contributed by atoms with van der Waals surface area (Å²) in [5.41, 5.74) is 4.74. The maximum atomic E-state index is 5.36. The molecular weight excluding hydrogens is 264 g/mol. The summed E-state index contributed by atoms with van der Waals surface area (Å²) < 4.78 is 5.36. The lowest BCUT2D eigenvalue weighted by molar-refractivity contribution is 0.432. The van der Waals surface area contributed by atoms with Gasteiger partial charge in [-0.25, -0.2) is 0 Å². The normalized spacial score (nSPS) is 10.6. The van der Waals surface area contributed by atoms with Crippen LogP contribution in [0.3, 0.4) is 0 Å². The molecule has 0 aliphatic rings. The van der Waals surface area contributed by atoms with Gasteiger partial charge in [0.1, 0.15) is 0 Å². The van der Waals surface area contributed by atoms with Crippen LogP contribution in [0.5, 0.6) is 0 Å². The molecule has 0 amide bonds. The Hall–Kier alpha value is -2.69. The van der Waals surface area contributed by atoms with Crippen LogP contribution < -0.4 is 5.32 Å². The van der Waals surface area contributed by atoms with Gasteiger partial charge in [-0.15, -0.1) is 0 Å². The quantitative estimate of drug-likeness (QED) is 0.796. The zero-order chi connectivity index (χ0) is 14.8. The van der Waals surface area contributed by atoms with Crippen molar-refractivity contribution in [2.24, 2.45) is 0 Å². The highest BCUT2D eigenvalue weighted by atomic mass is 16.5. The minimum absolute atomic E-state index is 0.514. The molecule has 21 heavy (non-hydrogen) atoms. The molecule has 0 bridgehead atoms.